The number of benzene rings is 1. The number of amides is 1. The van der Waals surface area contributed by atoms with Gasteiger partial charge in [0.2, 0.25) is 5.91 Å². The van der Waals surface area contributed by atoms with Crippen LogP contribution in [0, 0.1) is 0 Å². The van der Waals surface area contributed by atoms with E-state index in [2.05, 4.69) is 10.3 Å². The van der Waals surface area contributed by atoms with E-state index in [0.29, 0.717) is 13.0 Å². The second-order valence-corrected chi connectivity index (χ2v) is 4.92. The van der Waals surface area contributed by atoms with Gasteiger partial charge >= 0.3 is 0 Å². The third-order valence-electron chi connectivity index (χ3n) is 3.25. The molecular formula is C15H20N4O. The molecule has 1 heterocycles. The predicted octanol–water partition coefficient (Wildman–Crippen LogP) is 1.78. The second kappa shape index (κ2) is 6.75. The number of imidazole rings is 1. The van der Waals surface area contributed by atoms with Crippen LogP contribution in [0.3, 0.4) is 0 Å². The van der Waals surface area contributed by atoms with E-state index in [1.807, 2.05) is 42.0 Å². The fraction of sp³-hybridized carbons (Fsp3) is 0.333. The third kappa shape index (κ3) is 4.12. The maximum Gasteiger partial charge on any atom is 0.220 e. The van der Waals surface area contributed by atoms with E-state index in [9.17, 15) is 4.79 Å². The molecule has 2 aromatic rings. The Morgan fingerprint density at radius 1 is 1.40 bits per heavy atom. The number of nitrogens with zero attached hydrogens (tertiary/aromatic N) is 2. The highest BCUT2D eigenvalue weighted by Crippen LogP contribution is 2.19. The normalized spacial score (nSPS) is 12.1. The molecule has 0 aliphatic rings. The fourth-order valence-corrected chi connectivity index (χ4v) is 2.04. The summed E-state index contributed by atoms with van der Waals surface area (Å²) in [6, 6.07) is 7.67. The Morgan fingerprint density at radius 3 is 2.80 bits per heavy atom. The number of carbonyl (C=O) groups is 1. The van der Waals surface area contributed by atoms with Crippen molar-refractivity contribution >= 4 is 11.6 Å². The van der Waals surface area contributed by atoms with Crippen molar-refractivity contribution < 1.29 is 4.79 Å². The molecule has 20 heavy (non-hydrogen) atoms. The van der Waals surface area contributed by atoms with Crippen LogP contribution >= 0.6 is 0 Å². The highest BCUT2D eigenvalue weighted by Gasteiger charge is 2.10. The maximum absolute atomic E-state index is 11.9. The van der Waals surface area contributed by atoms with Crippen LogP contribution in [-0.4, -0.2) is 22.0 Å². The molecular weight excluding hydrogens is 252 g/mol. The Labute approximate surface area is 118 Å². The van der Waals surface area contributed by atoms with E-state index in [1.165, 1.54) is 0 Å². The zero-order valence-corrected chi connectivity index (χ0v) is 11.6. The number of aromatic nitrogens is 2. The number of hydrogen-bond acceptors (Lipinski definition) is 3. The summed E-state index contributed by atoms with van der Waals surface area (Å²) in [5, 5.41) is 2.92. The van der Waals surface area contributed by atoms with E-state index >= 15 is 0 Å². The summed E-state index contributed by atoms with van der Waals surface area (Å²) in [7, 11) is 0. The van der Waals surface area contributed by atoms with Crippen molar-refractivity contribution in [3.05, 3.63) is 48.5 Å². The molecule has 0 aliphatic carbocycles. The minimum Gasteiger partial charge on any atom is -0.399 e. The monoisotopic (exact) mass is 272 g/mol. The van der Waals surface area contributed by atoms with Gasteiger partial charge in [0.15, 0.2) is 0 Å². The van der Waals surface area contributed by atoms with Crippen LogP contribution < -0.4 is 11.1 Å². The SMILES string of the molecule is CC(CC(=O)NCCn1ccnc1)c1ccc(N)cc1. The van der Waals surface area contributed by atoms with E-state index in [-0.39, 0.29) is 11.8 Å². The first-order chi connectivity index (χ1) is 9.65. The summed E-state index contributed by atoms with van der Waals surface area (Å²) in [6.45, 7) is 3.40. The van der Waals surface area contributed by atoms with Gasteiger partial charge in [-0.05, 0) is 23.6 Å². The van der Waals surface area contributed by atoms with E-state index in [1.54, 1.807) is 12.5 Å². The Bertz CT molecular complexity index is 534. The number of hydrogen-bond donors (Lipinski definition) is 2. The van der Waals surface area contributed by atoms with Crippen LogP contribution in [0.5, 0.6) is 0 Å². The van der Waals surface area contributed by atoms with E-state index in [4.69, 9.17) is 5.73 Å². The molecule has 0 saturated carbocycles. The Hall–Kier alpha value is -2.30. The summed E-state index contributed by atoms with van der Waals surface area (Å²) in [6.07, 6.45) is 5.82. The summed E-state index contributed by atoms with van der Waals surface area (Å²) in [5.74, 6) is 0.248. The van der Waals surface area contributed by atoms with Gasteiger partial charge in [0.05, 0.1) is 6.33 Å². The first kappa shape index (κ1) is 14.1. The molecule has 5 heteroatoms. The molecule has 2 rings (SSSR count). The minimum atomic E-state index is 0.0643. The largest absolute Gasteiger partial charge is 0.399 e. The highest BCUT2D eigenvalue weighted by molar-refractivity contribution is 5.76. The first-order valence-electron chi connectivity index (χ1n) is 6.73. The molecule has 0 spiro atoms. The van der Waals surface area contributed by atoms with Crippen molar-refractivity contribution in [3.8, 4) is 0 Å². The predicted molar refractivity (Wildman–Crippen MR) is 79.1 cm³/mol. The number of anilines is 1. The van der Waals surface area contributed by atoms with Gasteiger partial charge in [-0.1, -0.05) is 19.1 Å². The maximum atomic E-state index is 11.9. The lowest BCUT2D eigenvalue weighted by Gasteiger charge is -2.12. The van der Waals surface area contributed by atoms with Crippen LogP contribution in [0.4, 0.5) is 5.69 Å². The number of nitrogen functional groups attached to an aromatic ring is 1. The molecule has 0 fully saturated rings. The van der Waals surface area contributed by atoms with Crippen LogP contribution in [-0.2, 0) is 11.3 Å². The lowest BCUT2D eigenvalue weighted by atomic mass is 9.97. The van der Waals surface area contributed by atoms with Gasteiger partial charge in [-0.2, -0.15) is 0 Å². The van der Waals surface area contributed by atoms with Gasteiger partial charge in [0.25, 0.3) is 0 Å². The fourth-order valence-electron chi connectivity index (χ4n) is 2.04. The number of carbonyl (C=O) groups excluding carboxylic acids is 1. The second-order valence-electron chi connectivity index (χ2n) is 4.92. The lowest BCUT2D eigenvalue weighted by molar-refractivity contribution is -0.121. The summed E-state index contributed by atoms with van der Waals surface area (Å²) in [5.41, 5.74) is 7.52. The zero-order valence-electron chi connectivity index (χ0n) is 11.6. The van der Waals surface area contributed by atoms with E-state index < -0.39 is 0 Å². The first-order valence-corrected chi connectivity index (χ1v) is 6.73. The Morgan fingerprint density at radius 2 is 2.15 bits per heavy atom. The van der Waals surface area contributed by atoms with Crippen LogP contribution in [0.15, 0.2) is 43.0 Å². The van der Waals surface area contributed by atoms with Gasteiger partial charge in [-0.15, -0.1) is 0 Å². The molecule has 0 radical (unpaired) electrons. The zero-order chi connectivity index (χ0) is 14.4. The Kier molecular flexibility index (Phi) is 4.76. The van der Waals surface area contributed by atoms with Gasteiger partial charge in [-0.3, -0.25) is 4.79 Å². The van der Waals surface area contributed by atoms with Crippen LogP contribution in [0.1, 0.15) is 24.8 Å². The molecule has 1 aromatic carbocycles. The van der Waals surface area contributed by atoms with Gasteiger partial charge in [0, 0.05) is 37.6 Å². The molecule has 0 aliphatic heterocycles. The van der Waals surface area contributed by atoms with Gasteiger partial charge in [0.1, 0.15) is 0 Å². The van der Waals surface area contributed by atoms with Crippen molar-refractivity contribution in [2.24, 2.45) is 0 Å². The summed E-state index contributed by atoms with van der Waals surface area (Å²) < 4.78 is 1.93. The van der Waals surface area contributed by atoms with E-state index in [0.717, 1.165) is 17.8 Å². The lowest BCUT2D eigenvalue weighted by Crippen LogP contribution is -2.27. The molecule has 0 bridgehead atoms. The summed E-state index contributed by atoms with van der Waals surface area (Å²) >= 11 is 0. The van der Waals surface area contributed by atoms with Crippen molar-refractivity contribution in [2.45, 2.75) is 25.8 Å². The van der Waals surface area contributed by atoms with Crippen LogP contribution in [0.2, 0.25) is 0 Å². The van der Waals surface area contributed by atoms with Crippen molar-refractivity contribution in [2.75, 3.05) is 12.3 Å². The molecule has 5 nitrogen and oxygen atoms in total. The van der Waals surface area contributed by atoms with Crippen molar-refractivity contribution in [1.29, 1.82) is 0 Å². The quantitative estimate of drug-likeness (QED) is 0.787. The molecule has 1 unspecified atom stereocenters. The number of rotatable bonds is 6. The average molecular weight is 272 g/mol. The highest BCUT2D eigenvalue weighted by atomic mass is 16.1. The molecule has 1 amide bonds. The van der Waals surface area contributed by atoms with Crippen molar-refractivity contribution in [3.63, 3.8) is 0 Å². The summed E-state index contributed by atoms with van der Waals surface area (Å²) in [4.78, 5) is 15.8. The topological polar surface area (TPSA) is 72.9 Å². The van der Waals surface area contributed by atoms with Gasteiger partial charge in [-0.25, -0.2) is 4.98 Å². The molecule has 1 aromatic heterocycles. The standard InChI is InChI=1S/C15H20N4O/c1-12(13-2-4-14(16)5-3-13)10-15(20)18-7-9-19-8-6-17-11-19/h2-6,8,11-12H,7,9-10,16H2,1H3,(H,18,20). The third-order valence-corrected chi connectivity index (χ3v) is 3.25. The number of nitrogens with two attached hydrogens (primary N) is 1. The smallest absolute Gasteiger partial charge is 0.220 e. The average Bonchev–Trinajstić information content (AvgIpc) is 2.92. The van der Waals surface area contributed by atoms with Crippen LogP contribution in [0.25, 0.3) is 0 Å². The molecule has 3 N–H and O–H groups in total. The van der Waals surface area contributed by atoms with Gasteiger partial charge < -0.3 is 15.6 Å². The molecule has 0 saturated heterocycles. The minimum absolute atomic E-state index is 0.0643. The molecule has 1 atom stereocenters. The van der Waals surface area contributed by atoms with Crippen molar-refractivity contribution in [1.82, 2.24) is 14.9 Å². The Balaban J connectivity index is 1.74. The number of nitrogens with one attached hydrogen (secondary N) is 1. The molecule has 106 valence electrons.